The average Bonchev–Trinajstić information content (AvgIpc) is 3.38. The first kappa shape index (κ1) is 63.5. The van der Waals surface area contributed by atoms with Gasteiger partial charge in [0.15, 0.2) is 23.0 Å². The molecule has 0 unspecified atom stereocenters. The topological polar surface area (TPSA) is 194 Å². The first-order valence-corrected chi connectivity index (χ1v) is 23.4. The summed E-state index contributed by atoms with van der Waals surface area (Å²) in [5.74, 6) is 1.78. The number of halogens is 1. The molecule has 18 nitrogen and oxygen atoms in total. The largest absolute Gasteiger partial charge is 2.00 e. The SMILES string of the molecule is COCCOCCOCCOCCOCCOc1ccccc1-c1cc(C=NCCN=Cc2cc(-c3ccccc3OCCOCCOCCOCCOCCOC)cc(OC)c2O)c(O)c(OC)c1.[Cl-].[Mn+2]. The smallest absolute Gasteiger partial charge is 1.00 e. The second-order valence-electron chi connectivity index (χ2n) is 14.9. The summed E-state index contributed by atoms with van der Waals surface area (Å²) in [5.41, 5.74) is 4.07. The molecule has 0 bridgehead atoms. The van der Waals surface area contributed by atoms with E-state index in [0.717, 1.165) is 22.3 Å². The van der Waals surface area contributed by atoms with Crippen molar-refractivity contribution >= 4 is 12.4 Å². The van der Waals surface area contributed by atoms with Crippen molar-refractivity contribution in [3.63, 3.8) is 0 Å². The van der Waals surface area contributed by atoms with Crippen LogP contribution >= 0.6 is 0 Å². The van der Waals surface area contributed by atoms with Crippen molar-refractivity contribution in [3.05, 3.63) is 83.9 Å². The van der Waals surface area contributed by atoms with Gasteiger partial charge in [0.2, 0.25) is 0 Å². The van der Waals surface area contributed by atoms with Crippen LogP contribution in [0, 0.1) is 0 Å². The van der Waals surface area contributed by atoms with Crippen LogP contribution in [0.2, 0.25) is 0 Å². The maximum atomic E-state index is 11.0. The molecule has 0 amide bonds. The summed E-state index contributed by atoms with van der Waals surface area (Å²) < 4.78 is 77.4. The second-order valence-corrected chi connectivity index (χ2v) is 14.9. The van der Waals surface area contributed by atoms with Gasteiger partial charge in [-0.05, 0) is 47.5 Å². The van der Waals surface area contributed by atoms with Crippen LogP contribution < -0.4 is 31.4 Å². The van der Waals surface area contributed by atoms with E-state index in [-0.39, 0.29) is 52.5 Å². The Morgan fingerprint density at radius 3 is 0.986 bits per heavy atom. The zero-order valence-corrected chi connectivity index (χ0v) is 43.8. The first-order chi connectivity index (χ1) is 34.5. The van der Waals surface area contributed by atoms with Crippen LogP contribution in [0.4, 0.5) is 0 Å². The van der Waals surface area contributed by atoms with Gasteiger partial charge in [-0.3, -0.25) is 9.98 Å². The monoisotopic (exact) mass is 1070 g/mol. The molecule has 1 radical (unpaired) electrons. The van der Waals surface area contributed by atoms with E-state index in [4.69, 9.17) is 66.3 Å². The summed E-state index contributed by atoms with van der Waals surface area (Å²) in [6, 6.07) is 22.4. The van der Waals surface area contributed by atoms with Crippen LogP contribution in [-0.2, 0) is 64.4 Å². The number of methoxy groups -OCH3 is 4. The molecule has 4 rings (SSSR count). The van der Waals surface area contributed by atoms with Gasteiger partial charge in [0.25, 0.3) is 0 Å². The van der Waals surface area contributed by atoms with Crippen molar-refractivity contribution in [2.75, 3.05) is 174 Å². The van der Waals surface area contributed by atoms with Crippen LogP contribution in [-0.4, -0.2) is 196 Å². The fraction of sp³-hybridized carbons (Fsp3) is 0.500. The number of rotatable bonds is 41. The molecular formula is C52H72ClMnN2O16+. The quantitative estimate of drug-likeness (QED) is 0.0374. The summed E-state index contributed by atoms with van der Waals surface area (Å²) in [4.78, 5) is 9.08. The first-order valence-electron chi connectivity index (χ1n) is 23.4. The number of phenolic OH excluding ortho intramolecular Hbond substituents is 2. The van der Waals surface area contributed by atoms with Crippen molar-refractivity contribution < 1.29 is 106 Å². The van der Waals surface area contributed by atoms with E-state index >= 15 is 0 Å². The molecule has 0 aromatic heterocycles. The summed E-state index contributed by atoms with van der Waals surface area (Å²) in [6.45, 7) is 9.88. The number of phenols is 2. The number of hydrogen-bond acceptors (Lipinski definition) is 18. The Bertz CT molecular complexity index is 1940. The summed E-state index contributed by atoms with van der Waals surface area (Å²) in [5, 5.41) is 22.0. The zero-order chi connectivity index (χ0) is 49.7. The Kier molecular flexibility index (Phi) is 36.1. The minimum absolute atomic E-state index is 0. The van der Waals surface area contributed by atoms with E-state index in [1.807, 2.05) is 60.7 Å². The van der Waals surface area contributed by atoms with Crippen molar-refractivity contribution in [2.24, 2.45) is 9.98 Å². The second kappa shape index (κ2) is 40.9. The number of aromatic hydroxyl groups is 2. The molecule has 0 aliphatic carbocycles. The Labute approximate surface area is 441 Å². The van der Waals surface area contributed by atoms with Crippen molar-refractivity contribution in [1.29, 1.82) is 0 Å². The molecular weight excluding hydrogens is 999 g/mol. The van der Waals surface area contributed by atoms with E-state index in [1.54, 1.807) is 38.8 Å². The van der Waals surface area contributed by atoms with Crippen LogP contribution in [0.25, 0.3) is 22.3 Å². The van der Waals surface area contributed by atoms with E-state index in [0.29, 0.717) is 168 Å². The van der Waals surface area contributed by atoms with Crippen molar-refractivity contribution in [1.82, 2.24) is 0 Å². The Hall–Kier alpha value is -4.57. The predicted molar refractivity (Wildman–Crippen MR) is 266 cm³/mol. The molecule has 2 N–H and O–H groups in total. The summed E-state index contributed by atoms with van der Waals surface area (Å²) in [6.07, 6.45) is 3.17. The Morgan fingerprint density at radius 2 is 0.681 bits per heavy atom. The van der Waals surface area contributed by atoms with Crippen LogP contribution in [0.1, 0.15) is 11.1 Å². The van der Waals surface area contributed by atoms with Gasteiger partial charge in [-0.15, -0.1) is 0 Å². The minimum atomic E-state index is -0.0454. The fourth-order valence-corrected chi connectivity index (χ4v) is 6.41. The maximum Gasteiger partial charge on any atom is 2.00 e. The number of ether oxygens (including phenoxy) is 14. The van der Waals surface area contributed by atoms with Gasteiger partial charge >= 0.3 is 17.1 Å². The normalized spacial score (nSPS) is 11.2. The maximum absolute atomic E-state index is 11.0. The molecule has 0 heterocycles. The standard InChI is InChI=1S/C52H72N2O16.ClH.Mn/c1-57-15-17-61-19-21-63-23-25-65-27-29-67-31-33-69-47-11-7-5-9-45(47)41-35-43(51(55)49(37-41)59-3)39-53-13-14-54-40-44-36-42(38-50(60-4)52(44)56)46-10-6-8-12-48(46)70-34-32-68-30-28-66-26-24-64-22-20-62-18-16-58-2;;/h5-12,35-40,55-56H,13-34H2,1-4H3;1H;/q;;+2/p-1. The fourth-order valence-electron chi connectivity index (χ4n) is 6.41. The molecule has 4 aromatic rings. The minimum Gasteiger partial charge on any atom is -1.00 e. The van der Waals surface area contributed by atoms with Crippen molar-refractivity contribution in [3.8, 4) is 56.8 Å². The van der Waals surface area contributed by atoms with Crippen LogP contribution in [0.3, 0.4) is 0 Å². The van der Waals surface area contributed by atoms with Gasteiger partial charge < -0.3 is 88.9 Å². The van der Waals surface area contributed by atoms with E-state index in [1.165, 1.54) is 14.2 Å². The Morgan fingerprint density at radius 1 is 0.389 bits per heavy atom. The molecule has 0 atom stereocenters. The van der Waals surface area contributed by atoms with Gasteiger partial charge in [-0.1, -0.05) is 36.4 Å². The Balaban J connectivity index is 0.00000888. The zero-order valence-electron chi connectivity index (χ0n) is 41.9. The molecule has 0 saturated heterocycles. The molecule has 0 saturated carbocycles. The molecule has 0 aliphatic heterocycles. The van der Waals surface area contributed by atoms with Gasteiger partial charge in [0.1, 0.15) is 24.7 Å². The van der Waals surface area contributed by atoms with Gasteiger partial charge in [-0.25, -0.2) is 0 Å². The molecule has 0 fully saturated rings. The van der Waals surface area contributed by atoms with Crippen LogP contribution in [0.5, 0.6) is 34.5 Å². The molecule has 72 heavy (non-hydrogen) atoms. The number of hydrogen-bond donors (Lipinski definition) is 2. The average molecular weight is 1070 g/mol. The third-order valence-electron chi connectivity index (χ3n) is 9.93. The number of benzene rings is 4. The molecule has 20 heteroatoms. The van der Waals surface area contributed by atoms with Gasteiger partial charge in [-0.2, -0.15) is 0 Å². The third-order valence-corrected chi connectivity index (χ3v) is 9.93. The predicted octanol–water partition coefficient (Wildman–Crippen LogP) is 3.17. The van der Waals surface area contributed by atoms with Crippen LogP contribution in [0.15, 0.2) is 82.8 Å². The van der Waals surface area contributed by atoms with E-state index in [2.05, 4.69) is 9.98 Å². The number of nitrogens with zero attached hydrogens (tertiary/aromatic N) is 2. The molecule has 4 aromatic carbocycles. The molecule has 0 spiro atoms. The number of aliphatic imine (C=N–C) groups is 2. The number of para-hydroxylation sites is 2. The van der Waals surface area contributed by atoms with Crippen molar-refractivity contribution in [2.45, 2.75) is 0 Å². The summed E-state index contributed by atoms with van der Waals surface area (Å²) >= 11 is 0. The van der Waals surface area contributed by atoms with Gasteiger partial charge in [0, 0.05) is 48.9 Å². The molecule has 399 valence electrons. The molecule has 0 aliphatic rings. The third kappa shape index (κ3) is 24.9. The van der Waals surface area contributed by atoms with E-state index in [9.17, 15) is 10.2 Å². The van der Waals surface area contributed by atoms with E-state index < -0.39 is 0 Å². The summed E-state index contributed by atoms with van der Waals surface area (Å²) in [7, 11) is 6.27. The van der Waals surface area contributed by atoms with Gasteiger partial charge in [0.05, 0.1) is 146 Å².